The van der Waals surface area contributed by atoms with E-state index in [-0.39, 0.29) is 0 Å². The summed E-state index contributed by atoms with van der Waals surface area (Å²) in [6.45, 7) is 8.34. The van der Waals surface area contributed by atoms with Gasteiger partial charge in [0.15, 0.2) is 0 Å². The van der Waals surface area contributed by atoms with E-state index >= 15 is 0 Å². The zero-order valence-electron chi connectivity index (χ0n) is 29.1. The van der Waals surface area contributed by atoms with Gasteiger partial charge in [0.1, 0.15) is 0 Å². The predicted molar refractivity (Wildman–Crippen MR) is 217 cm³/mol. The van der Waals surface area contributed by atoms with Crippen LogP contribution in [0.25, 0.3) is 22.7 Å². The van der Waals surface area contributed by atoms with E-state index < -0.39 is 5.41 Å². The number of anilines is 1. The molecule has 2 heteroatoms. The topological polar surface area (TPSA) is 8.17 Å². The summed E-state index contributed by atoms with van der Waals surface area (Å²) < 4.78 is 2.51. The van der Waals surface area contributed by atoms with Gasteiger partial charge in [-0.15, -0.1) is 0 Å². The first kappa shape index (κ1) is 30.4. The van der Waals surface area contributed by atoms with Crippen molar-refractivity contribution in [2.45, 2.75) is 24.7 Å². The summed E-state index contributed by atoms with van der Waals surface area (Å²) in [7, 11) is 0. The third-order valence-electron chi connectivity index (χ3n) is 11.5. The first-order valence-corrected chi connectivity index (χ1v) is 18.2. The SMILES string of the molecule is C=C1/C=C\C=C/N(c2ccc3c(c2)C2(c4ccccc4Cc4ccccc42)c2cc(-n4c5c(c6ccccc64)C=CC5)ccc2C3)/C=C\C=C/C1=C. The predicted octanol–water partition coefficient (Wildman–Crippen LogP) is 11.5. The van der Waals surface area contributed by atoms with Gasteiger partial charge in [-0.1, -0.05) is 128 Å². The summed E-state index contributed by atoms with van der Waals surface area (Å²) in [6.07, 6.45) is 23.8. The molecule has 2 nitrogen and oxygen atoms in total. The van der Waals surface area contributed by atoms with E-state index in [1.54, 1.807) is 0 Å². The van der Waals surface area contributed by atoms with Crippen LogP contribution >= 0.6 is 0 Å². The van der Waals surface area contributed by atoms with Gasteiger partial charge < -0.3 is 9.47 Å². The third kappa shape index (κ3) is 4.50. The standard InChI is InChI=1S/C50H38N2/c1-34-14-9-11-28-51(29-12-10-15-35(34)2)40-26-24-38-31-39-25-27-41(52-48-22-8-5-18-42(48)43-19-13-23-49(43)52)33-47(39)50(46(38)32-40)44-20-6-3-16-36(44)30-37-17-4-7-21-45(37)50/h3-22,24-29,32-33H,1-2,23,30-31H2/b14-9-,15-10-,28-11-,29-12-. The number of benzene rings is 5. The Hall–Kier alpha value is -6.38. The van der Waals surface area contributed by atoms with Gasteiger partial charge in [0.05, 0.1) is 10.9 Å². The van der Waals surface area contributed by atoms with Crippen LogP contribution in [0, 0.1) is 0 Å². The Labute approximate surface area is 305 Å². The Kier molecular flexibility index (Phi) is 6.94. The van der Waals surface area contributed by atoms with Gasteiger partial charge in [0, 0.05) is 46.8 Å². The summed E-state index contributed by atoms with van der Waals surface area (Å²) in [5.74, 6) is 0. The summed E-state index contributed by atoms with van der Waals surface area (Å²) in [5.41, 5.74) is 18.6. The molecule has 0 amide bonds. The average Bonchev–Trinajstić information content (AvgIpc) is 3.77. The van der Waals surface area contributed by atoms with E-state index in [1.807, 2.05) is 24.3 Å². The van der Waals surface area contributed by atoms with Crippen molar-refractivity contribution in [1.29, 1.82) is 0 Å². The van der Waals surface area contributed by atoms with Gasteiger partial charge in [0.2, 0.25) is 0 Å². The van der Waals surface area contributed by atoms with Crippen molar-refractivity contribution in [2.24, 2.45) is 0 Å². The molecule has 0 atom stereocenters. The highest BCUT2D eigenvalue weighted by Crippen LogP contribution is 2.56. The second-order valence-electron chi connectivity index (χ2n) is 14.3. The number of fused-ring (bicyclic) bond motifs is 11. The smallest absolute Gasteiger partial charge is 0.0714 e. The number of hydrogen-bond donors (Lipinski definition) is 0. The normalized spacial score (nSPS) is 18.9. The molecule has 52 heavy (non-hydrogen) atoms. The summed E-state index contributed by atoms with van der Waals surface area (Å²) in [4.78, 5) is 2.22. The van der Waals surface area contributed by atoms with E-state index in [2.05, 4.69) is 169 Å². The number of rotatable bonds is 2. The quantitative estimate of drug-likeness (QED) is 0.178. The lowest BCUT2D eigenvalue weighted by atomic mass is 9.55. The van der Waals surface area contributed by atoms with Crippen LogP contribution < -0.4 is 4.90 Å². The number of nitrogens with zero attached hydrogens (tertiary/aromatic N) is 2. The molecular weight excluding hydrogens is 629 g/mol. The van der Waals surface area contributed by atoms with E-state index in [1.165, 1.54) is 72.4 Å². The van der Waals surface area contributed by atoms with Gasteiger partial charge in [0.25, 0.3) is 0 Å². The monoisotopic (exact) mass is 666 g/mol. The number of aromatic nitrogens is 1. The molecule has 6 aromatic rings. The van der Waals surface area contributed by atoms with Gasteiger partial charge in [-0.05, 0) is 111 Å². The molecule has 10 rings (SSSR count). The van der Waals surface area contributed by atoms with Crippen LogP contribution in [0.3, 0.4) is 0 Å². The van der Waals surface area contributed by atoms with E-state index in [0.717, 1.165) is 36.1 Å². The molecule has 5 aromatic carbocycles. The van der Waals surface area contributed by atoms with Gasteiger partial charge in [-0.2, -0.15) is 0 Å². The van der Waals surface area contributed by atoms with Crippen molar-refractivity contribution in [3.05, 3.63) is 244 Å². The minimum atomic E-state index is -0.498. The van der Waals surface area contributed by atoms with E-state index in [9.17, 15) is 0 Å². The van der Waals surface area contributed by atoms with Gasteiger partial charge in [-0.3, -0.25) is 0 Å². The molecular formula is C50H38N2. The second kappa shape index (κ2) is 11.9. The van der Waals surface area contributed by atoms with Crippen LogP contribution in [0.5, 0.6) is 0 Å². The lowest BCUT2D eigenvalue weighted by molar-refractivity contribution is 0.669. The Balaban J connectivity index is 1.24. The summed E-state index contributed by atoms with van der Waals surface area (Å²) in [6, 6.07) is 41.6. The first-order valence-electron chi connectivity index (χ1n) is 18.2. The van der Waals surface area contributed by atoms with Crippen LogP contribution in [0.1, 0.15) is 55.8 Å². The molecule has 4 aliphatic rings. The fraction of sp³-hybridized carbons (Fsp3) is 0.0800. The third-order valence-corrected chi connectivity index (χ3v) is 11.5. The fourth-order valence-electron chi connectivity index (χ4n) is 9.15. The largest absolute Gasteiger partial charge is 0.324 e. The van der Waals surface area contributed by atoms with Crippen LogP contribution in [0.2, 0.25) is 0 Å². The maximum Gasteiger partial charge on any atom is 0.0714 e. The molecule has 2 heterocycles. The number of para-hydroxylation sites is 1. The minimum absolute atomic E-state index is 0.498. The molecule has 0 saturated heterocycles. The molecule has 0 radical (unpaired) electrons. The fourth-order valence-corrected chi connectivity index (χ4v) is 9.15. The molecule has 1 aliphatic heterocycles. The number of hydrogen-bond acceptors (Lipinski definition) is 1. The van der Waals surface area contributed by atoms with Crippen molar-refractivity contribution in [1.82, 2.24) is 4.57 Å². The molecule has 0 fully saturated rings. The molecule has 3 aliphatic carbocycles. The van der Waals surface area contributed by atoms with Crippen LogP contribution in [0.15, 0.2) is 188 Å². The van der Waals surface area contributed by atoms with E-state index in [4.69, 9.17) is 0 Å². The van der Waals surface area contributed by atoms with Crippen molar-refractivity contribution < 1.29 is 0 Å². The molecule has 248 valence electrons. The Morgan fingerprint density at radius 3 is 1.75 bits per heavy atom. The Morgan fingerprint density at radius 2 is 1.08 bits per heavy atom. The second-order valence-corrected chi connectivity index (χ2v) is 14.3. The summed E-state index contributed by atoms with van der Waals surface area (Å²) in [5, 5.41) is 1.32. The highest BCUT2D eigenvalue weighted by molar-refractivity contribution is 5.94. The summed E-state index contributed by atoms with van der Waals surface area (Å²) >= 11 is 0. The maximum absolute atomic E-state index is 4.17. The minimum Gasteiger partial charge on any atom is -0.324 e. The molecule has 1 spiro atoms. The highest BCUT2D eigenvalue weighted by Gasteiger charge is 2.48. The molecule has 0 bridgehead atoms. The van der Waals surface area contributed by atoms with Crippen molar-refractivity contribution in [3.63, 3.8) is 0 Å². The van der Waals surface area contributed by atoms with Crippen LogP contribution in [-0.2, 0) is 24.7 Å². The van der Waals surface area contributed by atoms with Crippen molar-refractivity contribution in [2.75, 3.05) is 4.90 Å². The van der Waals surface area contributed by atoms with Crippen LogP contribution in [-0.4, -0.2) is 4.57 Å². The molecule has 0 N–H and O–H groups in total. The van der Waals surface area contributed by atoms with E-state index in [0.29, 0.717) is 0 Å². The highest BCUT2D eigenvalue weighted by atomic mass is 15.1. The maximum atomic E-state index is 4.17. The lowest BCUT2D eigenvalue weighted by Gasteiger charge is -2.47. The van der Waals surface area contributed by atoms with Crippen molar-refractivity contribution in [3.8, 4) is 5.69 Å². The molecule has 0 unspecified atom stereocenters. The van der Waals surface area contributed by atoms with Gasteiger partial charge in [-0.25, -0.2) is 0 Å². The number of allylic oxidation sites excluding steroid dienone is 9. The lowest BCUT2D eigenvalue weighted by Crippen LogP contribution is -2.40. The zero-order chi connectivity index (χ0) is 34.8. The Bertz CT molecular complexity index is 2570. The molecule has 0 saturated carbocycles. The zero-order valence-corrected chi connectivity index (χ0v) is 29.1. The van der Waals surface area contributed by atoms with Gasteiger partial charge >= 0.3 is 0 Å². The Morgan fingerprint density at radius 1 is 0.519 bits per heavy atom. The first-order chi connectivity index (χ1) is 25.6. The van der Waals surface area contributed by atoms with Crippen molar-refractivity contribution >= 4 is 22.7 Å². The van der Waals surface area contributed by atoms with Crippen LogP contribution in [0.4, 0.5) is 5.69 Å². The molecule has 1 aromatic heterocycles. The average molecular weight is 667 g/mol.